The molecule has 2 amide bonds. The number of likely N-dealkylation sites (tertiary alicyclic amines) is 1. The third-order valence-corrected chi connectivity index (χ3v) is 3.94. The molecule has 0 saturated carbocycles. The molecule has 1 unspecified atom stereocenters. The average molecular weight is 258 g/mol. The van der Waals surface area contributed by atoms with Crippen LogP contribution in [-0.4, -0.2) is 42.6 Å². The van der Waals surface area contributed by atoms with E-state index in [9.17, 15) is 4.79 Å². The van der Waals surface area contributed by atoms with Crippen LogP contribution in [0.5, 0.6) is 0 Å². The maximum absolute atomic E-state index is 11.8. The van der Waals surface area contributed by atoms with Crippen molar-refractivity contribution in [2.75, 3.05) is 31.6 Å². The van der Waals surface area contributed by atoms with Gasteiger partial charge in [0.2, 0.25) is 0 Å². The number of hydrogen-bond acceptors (Lipinski definition) is 2. The van der Waals surface area contributed by atoms with E-state index in [1.165, 1.54) is 25.0 Å². The molecule has 0 spiro atoms. The van der Waals surface area contributed by atoms with Crippen molar-refractivity contribution in [3.63, 3.8) is 0 Å². The Morgan fingerprint density at radius 1 is 1.41 bits per heavy atom. The summed E-state index contributed by atoms with van der Waals surface area (Å²) in [5.74, 6) is 1.90. The van der Waals surface area contributed by atoms with Crippen molar-refractivity contribution in [2.45, 2.75) is 39.0 Å². The molecule has 17 heavy (non-hydrogen) atoms. The zero-order valence-corrected chi connectivity index (χ0v) is 12.0. The Morgan fingerprint density at radius 2 is 2.24 bits per heavy atom. The number of carbonyl (C=O) groups is 1. The van der Waals surface area contributed by atoms with Crippen molar-refractivity contribution in [3.05, 3.63) is 0 Å². The molecule has 0 aromatic rings. The molecule has 4 heteroatoms. The highest BCUT2D eigenvalue weighted by atomic mass is 32.2. The first-order valence-corrected chi connectivity index (χ1v) is 8.15. The fourth-order valence-electron chi connectivity index (χ4n) is 2.23. The first-order chi connectivity index (χ1) is 8.24. The van der Waals surface area contributed by atoms with Gasteiger partial charge in [-0.25, -0.2) is 4.79 Å². The van der Waals surface area contributed by atoms with E-state index in [-0.39, 0.29) is 6.03 Å². The second kappa shape index (κ2) is 8.67. The third kappa shape index (κ3) is 6.20. The van der Waals surface area contributed by atoms with Crippen LogP contribution in [0.4, 0.5) is 4.79 Å². The Hall–Kier alpha value is -0.380. The minimum absolute atomic E-state index is 0.140. The van der Waals surface area contributed by atoms with E-state index >= 15 is 0 Å². The van der Waals surface area contributed by atoms with E-state index in [1.54, 1.807) is 0 Å². The summed E-state index contributed by atoms with van der Waals surface area (Å²) in [7, 11) is 0. The maximum atomic E-state index is 11.8. The van der Waals surface area contributed by atoms with Gasteiger partial charge in [-0.1, -0.05) is 13.3 Å². The van der Waals surface area contributed by atoms with Gasteiger partial charge >= 0.3 is 6.03 Å². The van der Waals surface area contributed by atoms with Gasteiger partial charge in [0.25, 0.3) is 0 Å². The molecular formula is C13H26N2OS. The highest BCUT2D eigenvalue weighted by Crippen LogP contribution is 2.15. The van der Waals surface area contributed by atoms with E-state index in [4.69, 9.17) is 0 Å². The zero-order valence-electron chi connectivity index (χ0n) is 11.2. The minimum Gasteiger partial charge on any atom is -0.338 e. The summed E-state index contributed by atoms with van der Waals surface area (Å²) in [5.41, 5.74) is 0. The topological polar surface area (TPSA) is 32.3 Å². The molecule has 1 aliphatic rings. The van der Waals surface area contributed by atoms with Crippen molar-refractivity contribution in [1.82, 2.24) is 10.2 Å². The molecule has 1 aliphatic heterocycles. The van der Waals surface area contributed by atoms with Crippen LogP contribution in [0.15, 0.2) is 0 Å². The largest absolute Gasteiger partial charge is 0.338 e. The smallest absolute Gasteiger partial charge is 0.317 e. The summed E-state index contributed by atoms with van der Waals surface area (Å²) < 4.78 is 0. The zero-order chi connectivity index (χ0) is 12.5. The van der Waals surface area contributed by atoms with Crippen LogP contribution >= 0.6 is 11.8 Å². The Bertz CT molecular complexity index is 223. The van der Waals surface area contributed by atoms with Crippen molar-refractivity contribution in [1.29, 1.82) is 0 Å². The van der Waals surface area contributed by atoms with Crippen molar-refractivity contribution in [3.8, 4) is 0 Å². The van der Waals surface area contributed by atoms with Gasteiger partial charge in [-0.3, -0.25) is 0 Å². The highest BCUT2D eigenvalue weighted by molar-refractivity contribution is 7.98. The van der Waals surface area contributed by atoms with Gasteiger partial charge in [-0.15, -0.1) is 0 Å². The normalized spacial score (nSPS) is 20.4. The van der Waals surface area contributed by atoms with E-state index in [0.717, 1.165) is 32.5 Å². The van der Waals surface area contributed by atoms with Crippen molar-refractivity contribution < 1.29 is 4.79 Å². The number of urea groups is 1. The molecular weight excluding hydrogens is 232 g/mol. The van der Waals surface area contributed by atoms with E-state index in [1.807, 2.05) is 16.7 Å². The quantitative estimate of drug-likeness (QED) is 0.743. The molecule has 0 aliphatic carbocycles. The van der Waals surface area contributed by atoms with Crippen LogP contribution in [0, 0.1) is 5.92 Å². The number of rotatable bonds is 6. The molecule has 1 N–H and O–H groups in total. The number of unbranched alkanes of at least 4 members (excludes halogenated alkanes) is 2. The third-order valence-electron chi connectivity index (χ3n) is 3.25. The van der Waals surface area contributed by atoms with Crippen LogP contribution in [0.3, 0.4) is 0 Å². The SMILES string of the molecule is CSCCCCCNC(=O)N1CCCC(C)C1. The van der Waals surface area contributed by atoms with Crippen molar-refractivity contribution >= 4 is 17.8 Å². The maximum Gasteiger partial charge on any atom is 0.317 e. The van der Waals surface area contributed by atoms with E-state index < -0.39 is 0 Å². The van der Waals surface area contributed by atoms with E-state index in [2.05, 4.69) is 18.5 Å². The fraction of sp³-hybridized carbons (Fsp3) is 0.923. The number of thioether (sulfide) groups is 1. The summed E-state index contributed by atoms with van der Waals surface area (Å²) in [4.78, 5) is 13.8. The second-order valence-electron chi connectivity index (χ2n) is 4.98. The van der Waals surface area contributed by atoms with Gasteiger partial charge in [0.1, 0.15) is 0 Å². The fourth-order valence-corrected chi connectivity index (χ4v) is 2.72. The molecule has 1 atom stereocenters. The average Bonchev–Trinajstić information content (AvgIpc) is 2.33. The standard InChI is InChI=1S/C13H26N2OS/c1-12-7-6-9-15(11-12)13(16)14-8-4-3-5-10-17-2/h12H,3-11H2,1-2H3,(H,14,16). The Balaban J connectivity index is 2.04. The number of carbonyl (C=O) groups excluding carboxylic acids is 1. The second-order valence-corrected chi connectivity index (χ2v) is 5.96. The highest BCUT2D eigenvalue weighted by Gasteiger charge is 2.20. The van der Waals surface area contributed by atoms with Crippen LogP contribution < -0.4 is 5.32 Å². The predicted molar refractivity (Wildman–Crippen MR) is 75.6 cm³/mol. The van der Waals surface area contributed by atoms with Gasteiger partial charge in [0.05, 0.1) is 0 Å². The minimum atomic E-state index is 0.140. The molecule has 1 rings (SSSR count). The number of nitrogens with one attached hydrogen (secondary N) is 1. The molecule has 0 aromatic carbocycles. The molecule has 3 nitrogen and oxygen atoms in total. The van der Waals surface area contributed by atoms with Gasteiger partial charge in [0.15, 0.2) is 0 Å². The molecule has 1 heterocycles. The lowest BCUT2D eigenvalue weighted by atomic mass is 10.0. The van der Waals surface area contributed by atoms with E-state index in [0.29, 0.717) is 5.92 Å². The number of piperidine rings is 1. The first kappa shape index (κ1) is 14.7. The lowest BCUT2D eigenvalue weighted by Crippen LogP contribution is -2.45. The Morgan fingerprint density at radius 3 is 2.94 bits per heavy atom. The number of amides is 2. The van der Waals surface area contributed by atoms with Crippen molar-refractivity contribution in [2.24, 2.45) is 5.92 Å². The van der Waals surface area contributed by atoms with Crippen LogP contribution in [0.1, 0.15) is 39.0 Å². The van der Waals surface area contributed by atoms with Gasteiger partial charge in [-0.05, 0) is 43.6 Å². The summed E-state index contributed by atoms with van der Waals surface area (Å²) in [6.07, 6.45) is 8.14. The molecule has 0 radical (unpaired) electrons. The van der Waals surface area contributed by atoms with Crippen LogP contribution in [0.2, 0.25) is 0 Å². The Labute approximate surface area is 110 Å². The van der Waals surface area contributed by atoms with Gasteiger partial charge in [-0.2, -0.15) is 11.8 Å². The lowest BCUT2D eigenvalue weighted by Gasteiger charge is -2.30. The molecule has 1 fully saturated rings. The lowest BCUT2D eigenvalue weighted by molar-refractivity contribution is 0.169. The van der Waals surface area contributed by atoms with Crippen LogP contribution in [0.25, 0.3) is 0 Å². The number of hydrogen-bond donors (Lipinski definition) is 1. The monoisotopic (exact) mass is 258 g/mol. The predicted octanol–water partition coefficient (Wildman–Crippen LogP) is 2.96. The summed E-state index contributed by atoms with van der Waals surface area (Å²) in [5, 5.41) is 3.03. The molecule has 100 valence electrons. The summed E-state index contributed by atoms with van der Waals surface area (Å²) in [6.45, 7) is 4.92. The molecule has 0 aromatic heterocycles. The summed E-state index contributed by atoms with van der Waals surface area (Å²) >= 11 is 1.89. The Kier molecular flexibility index (Phi) is 7.49. The number of nitrogens with zero attached hydrogens (tertiary/aromatic N) is 1. The molecule has 0 bridgehead atoms. The molecule has 1 saturated heterocycles. The summed E-state index contributed by atoms with van der Waals surface area (Å²) in [6, 6.07) is 0.140. The van der Waals surface area contributed by atoms with Gasteiger partial charge < -0.3 is 10.2 Å². The van der Waals surface area contributed by atoms with Gasteiger partial charge in [0, 0.05) is 19.6 Å². The van der Waals surface area contributed by atoms with Crippen LogP contribution in [-0.2, 0) is 0 Å². The first-order valence-electron chi connectivity index (χ1n) is 6.75.